The van der Waals surface area contributed by atoms with Gasteiger partial charge in [-0.15, -0.1) is 0 Å². The van der Waals surface area contributed by atoms with Crippen LogP contribution in [0.4, 0.5) is 0 Å². The van der Waals surface area contributed by atoms with E-state index in [0.29, 0.717) is 46.3 Å². The summed E-state index contributed by atoms with van der Waals surface area (Å²) in [4.78, 5) is 27.9. The Balaban J connectivity index is 1.96. The highest BCUT2D eigenvalue weighted by Crippen LogP contribution is 2.44. The van der Waals surface area contributed by atoms with E-state index < -0.39 is 29.1 Å². The fourth-order valence-corrected chi connectivity index (χ4v) is 5.02. The maximum Gasteiger partial charge on any atom is 0.337 e. The van der Waals surface area contributed by atoms with E-state index in [2.05, 4.69) is 19.2 Å². The maximum absolute atomic E-state index is 13.9. The number of nitrogens with zero attached hydrogens (tertiary/aromatic N) is 2. The summed E-state index contributed by atoms with van der Waals surface area (Å²) in [6.07, 6.45) is 1.89. The third-order valence-corrected chi connectivity index (χ3v) is 6.78. The van der Waals surface area contributed by atoms with Gasteiger partial charge >= 0.3 is 11.9 Å². The molecule has 0 spiro atoms. The standard InChI is InChI=1S/C36H45N3O5/c1-22(2)21-42-27-18-16-25(17-19-27)32-28(20-39(38-32)26-14-12-11-13-15-26)31-29(33(40)43-35(5,6)7)23(3)37-24(4)30(31)34(41)44-36(8,9)10/h11-20,22,31,37H,21H2,1-10H3. The number of aromatic nitrogens is 2. The summed E-state index contributed by atoms with van der Waals surface area (Å²) in [5.41, 5.74) is 3.31. The number of nitrogens with one attached hydrogen (secondary N) is 1. The molecule has 0 bridgehead atoms. The molecule has 1 N–H and O–H groups in total. The monoisotopic (exact) mass is 599 g/mol. The number of carbonyl (C=O) groups excluding carboxylic acids is 2. The summed E-state index contributed by atoms with van der Waals surface area (Å²) in [5.74, 6) is -0.701. The highest BCUT2D eigenvalue weighted by molar-refractivity contribution is 6.00. The lowest BCUT2D eigenvalue weighted by molar-refractivity contribution is -0.150. The number of allylic oxidation sites excluding steroid dienone is 2. The molecule has 8 nitrogen and oxygen atoms in total. The zero-order valence-electron chi connectivity index (χ0n) is 27.6. The lowest BCUT2D eigenvalue weighted by Crippen LogP contribution is -2.36. The summed E-state index contributed by atoms with van der Waals surface area (Å²) < 4.78 is 19.5. The summed E-state index contributed by atoms with van der Waals surface area (Å²) in [6.45, 7) is 19.4. The quantitative estimate of drug-likeness (QED) is 0.268. The van der Waals surface area contributed by atoms with Crippen LogP contribution in [0, 0.1) is 5.92 Å². The second-order valence-corrected chi connectivity index (χ2v) is 13.6. The van der Waals surface area contributed by atoms with Gasteiger partial charge in [0.2, 0.25) is 0 Å². The Labute approximate surface area is 261 Å². The molecule has 0 radical (unpaired) electrons. The number of carbonyl (C=O) groups is 2. The first kappa shape index (κ1) is 32.6. The van der Waals surface area contributed by atoms with Gasteiger partial charge in [-0.2, -0.15) is 5.10 Å². The SMILES string of the molecule is CC1=C(C(=O)OC(C)(C)C)C(c2cn(-c3ccccc3)nc2-c2ccc(OCC(C)C)cc2)C(C(=O)OC(C)(C)C)=C(C)N1. The van der Waals surface area contributed by atoms with Crippen LogP contribution in [0.3, 0.4) is 0 Å². The molecule has 0 unspecified atom stereocenters. The minimum Gasteiger partial charge on any atom is -0.493 e. The third kappa shape index (κ3) is 7.78. The molecule has 1 aromatic heterocycles. The third-order valence-electron chi connectivity index (χ3n) is 6.78. The fourth-order valence-electron chi connectivity index (χ4n) is 5.02. The van der Waals surface area contributed by atoms with Gasteiger partial charge in [-0.1, -0.05) is 32.0 Å². The van der Waals surface area contributed by atoms with E-state index in [9.17, 15) is 9.59 Å². The van der Waals surface area contributed by atoms with Gasteiger partial charge in [0.25, 0.3) is 0 Å². The van der Waals surface area contributed by atoms with Crippen molar-refractivity contribution in [3.8, 4) is 22.7 Å². The molecular weight excluding hydrogens is 554 g/mol. The molecule has 0 amide bonds. The maximum atomic E-state index is 13.9. The van der Waals surface area contributed by atoms with Gasteiger partial charge in [0.15, 0.2) is 0 Å². The number of dihydropyridines is 1. The molecule has 1 aliphatic rings. The summed E-state index contributed by atoms with van der Waals surface area (Å²) in [5, 5.41) is 8.28. The number of esters is 2. The van der Waals surface area contributed by atoms with E-state index in [4.69, 9.17) is 19.3 Å². The van der Waals surface area contributed by atoms with E-state index in [0.717, 1.165) is 17.0 Å². The zero-order valence-corrected chi connectivity index (χ0v) is 27.6. The molecule has 0 fully saturated rings. The van der Waals surface area contributed by atoms with Crippen molar-refractivity contribution in [2.45, 2.75) is 86.4 Å². The number of hydrogen-bond donors (Lipinski definition) is 1. The van der Waals surface area contributed by atoms with Crippen molar-refractivity contribution in [3.05, 3.63) is 88.9 Å². The minimum atomic E-state index is -0.815. The summed E-state index contributed by atoms with van der Waals surface area (Å²) in [6, 6.07) is 17.5. The van der Waals surface area contributed by atoms with Gasteiger partial charge in [-0.25, -0.2) is 14.3 Å². The Morgan fingerprint density at radius 1 is 0.841 bits per heavy atom. The molecule has 3 aromatic rings. The van der Waals surface area contributed by atoms with E-state index in [-0.39, 0.29) is 0 Å². The molecule has 44 heavy (non-hydrogen) atoms. The van der Waals surface area contributed by atoms with E-state index in [1.807, 2.05) is 116 Å². The van der Waals surface area contributed by atoms with Crippen LogP contribution in [-0.2, 0) is 19.1 Å². The molecule has 0 atom stereocenters. The van der Waals surface area contributed by atoms with Gasteiger partial charge in [0.1, 0.15) is 17.0 Å². The van der Waals surface area contributed by atoms with Crippen LogP contribution in [0.5, 0.6) is 5.75 Å². The first-order chi connectivity index (χ1) is 20.5. The molecule has 0 saturated heterocycles. The van der Waals surface area contributed by atoms with Crippen molar-refractivity contribution in [2.75, 3.05) is 6.61 Å². The van der Waals surface area contributed by atoms with Crippen LogP contribution in [-0.4, -0.2) is 39.5 Å². The Kier molecular flexibility index (Phi) is 9.42. The largest absolute Gasteiger partial charge is 0.493 e. The first-order valence-electron chi connectivity index (χ1n) is 15.1. The highest BCUT2D eigenvalue weighted by atomic mass is 16.6. The van der Waals surface area contributed by atoms with Crippen LogP contribution in [0.15, 0.2) is 83.3 Å². The van der Waals surface area contributed by atoms with E-state index in [1.54, 1.807) is 4.68 Å². The predicted molar refractivity (Wildman–Crippen MR) is 172 cm³/mol. The first-order valence-corrected chi connectivity index (χ1v) is 15.1. The topological polar surface area (TPSA) is 91.7 Å². The van der Waals surface area contributed by atoms with Crippen LogP contribution in [0.1, 0.15) is 80.7 Å². The van der Waals surface area contributed by atoms with Crippen molar-refractivity contribution >= 4 is 11.9 Å². The summed E-state index contributed by atoms with van der Waals surface area (Å²) >= 11 is 0. The molecule has 2 heterocycles. The molecule has 8 heteroatoms. The van der Waals surface area contributed by atoms with Crippen molar-refractivity contribution < 1.29 is 23.8 Å². The van der Waals surface area contributed by atoms with Crippen molar-refractivity contribution in [2.24, 2.45) is 5.92 Å². The number of para-hydroxylation sites is 1. The molecule has 234 valence electrons. The van der Waals surface area contributed by atoms with Gasteiger partial charge in [0.05, 0.1) is 35.1 Å². The minimum absolute atomic E-state index is 0.331. The van der Waals surface area contributed by atoms with Crippen molar-refractivity contribution in [1.82, 2.24) is 15.1 Å². The second-order valence-electron chi connectivity index (χ2n) is 13.6. The zero-order chi connectivity index (χ0) is 32.4. The molecule has 4 rings (SSSR count). The van der Waals surface area contributed by atoms with Crippen LogP contribution in [0.25, 0.3) is 16.9 Å². The van der Waals surface area contributed by atoms with Gasteiger partial charge in [-0.05, 0) is 97.7 Å². The molecule has 1 aliphatic heterocycles. The Morgan fingerprint density at radius 2 is 1.36 bits per heavy atom. The smallest absolute Gasteiger partial charge is 0.337 e. The lowest BCUT2D eigenvalue weighted by atomic mass is 9.79. The Bertz CT molecular complexity index is 1520. The lowest BCUT2D eigenvalue weighted by Gasteiger charge is -2.33. The van der Waals surface area contributed by atoms with Crippen molar-refractivity contribution in [3.63, 3.8) is 0 Å². The molecule has 0 saturated carbocycles. The van der Waals surface area contributed by atoms with Crippen LogP contribution >= 0.6 is 0 Å². The van der Waals surface area contributed by atoms with Crippen LogP contribution < -0.4 is 10.1 Å². The van der Waals surface area contributed by atoms with E-state index in [1.165, 1.54) is 0 Å². The normalized spacial score (nSPS) is 14.5. The highest BCUT2D eigenvalue weighted by Gasteiger charge is 2.42. The number of hydrogen-bond acceptors (Lipinski definition) is 7. The van der Waals surface area contributed by atoms with Crippen LogP contribution in [0.2, 0.25) is 0 Å². The van der Waals surface area contributed by atoms with Gasteiger partial charge < -0.3 is 19.5 Å². The Hall–Kier alpha value is -4.33. The Morgan fingerprint density at radius 3 is 1.84 bits per heavy atom. The van der Waals surface area contributed by atoms with Crippen molar-refractivity contribution in [1.29, 1.82) is 0 Å². The number of benzene rings is 2. The fraction of sp³-hybridized carbons (Fsp3) is 0.417. The second kappa shape index (κ2) is 12.7. The number of rotatable bonds is 8. The summed E-state index contributed by atoms with van der Waals surface area (Å²) in [7, 11) is 0. The van der Waals surface area contributed by atoms with Gasteiger partial charge in [-0.3, -0.25) is 0 Å². The molecule has 0 aliphatic carbocycles. The molecule has 2 aromatic carbocycles. The average Bonchev–Trinajstić information content (AvgIpc) is 3.35. The molecular formula is C36H45N3O5. The number of ether oxygens (including phenoxy) is 3. The average molecular weight is 600 g/mol. The predicted octanol–water partition coefficient (Wildman–Crippen LogP) is 7.49. The van der Waals surface area contributed by atoms with Gasteiger partial charge in [0, 0.05) is 28.7 Å². The van der Waals surface area contributed by atoms with E-state index >= 15 is 0 Å².